The highest BCUT2D eigenvalue weighted by molar-refractivity contribution is 5.14. The fourth-order valence-electron chi connectivity index (χ4n) is 2.17. The molecule has 0 aliphatic carbocycles. The largest absolute Gasteiger partial charge is 0.501 e. The number of ether oxygens (including phenoxy) is 1. The monoisotopic (exact) mass is 285 g/mol. The molecule has 21 heavy (non-hydrogen) atoms. The third kappa shape index (κ3) is 5.08. The van der Waals surface area contributed by atoms with Crippen molar-refractivity contribution in [3.63, 3.8) is 0 Å². The summed E-state index contributed by atoms with van der Waals surface area (Å²) in [6.45, 7) is 3.77. The van der Waals surface area contributed by atoms with Crippen LogP contribution < -0.4 is 0 Å². The van der Waals surface area contributed by atoms with Crippen LogP contribution in [-0.2, 0) is 17.7 Å². The van der Waals surface area contributed by atoms with E-state index >= 15 is 0 Å². The predicted octanol–water partition coefficient (Wildman–Crippen LogP) is 2.92. The summed E-state index contributed by atoms with van der Waals surface area (Å²) in [5.41, 5.74) is 2.38. The SMILES string of the molecule is COC(=CCN(C)Cc1ccccc1)Cc1ncc(C)[nH]1. The van der Waals surface area contributed by atoms with Crippen molar-refractivity contribution in [3.05, 3.63) is 65.4 Å². The summed E-state index contributed by atoms with van der Waals surface area (Å²) in [6, 6.07) is 10.5. The summed E-state index contributed by atoms with van der Waals surface area (Å²) in [6.07, 6.45) is 4.65. The number of nitrogens with one attached hydrogen (secondary N) is 1. The molecule has 2 rings (SSSR count). The number of H-pyrrole nitrogens is 1. The number of allylic oxidation sites excluding steroid dienone is 1. The van der Waals surface area contributed by atoms with E-state index in [2.05, 4.69) is 52.3 Å². The second-order valence-corrected chi connectivity index (χ2v) is 5.25. The van der Waals surface area contributed by atoms with Crippen molar-refractivity contribution in [2.24, 2.45) is 0 Å². The molecule has 0 bridgehead atoms. The second kappa shape index (κ2) is 7.64. The van der Waals surface area contributed by atoms with Gasteiger partial charge in [0.15, 0.2) is 0 Å². The maximum Gasteiger partial charge on any atom is 0.113 e. The van der Waals surface area contributed by atoms with E-state index in [-0.39, 0.29) is 0 Å². The van der Waals surface area contributed by atoms with Gasteiger partial charge in [-0.2, -0.15) is 0 Å². The molecule has 0 saturated carbocycles. The highest BCUT2D eigenvalue weighted by atomic mass is 16.5. The van der Waals surface area contributed by atoms with Crippen LogP contribution in [0, 0.1) is 6.92 Å². The van der Waals surface area contributed by atoms with Gasteiger partial charge in [-0.25, -0.2) is 4.98 Å². The van der Waals surface area contributed by atoms with Gasteiger partial charge in [-0.1, -0.05) is 30.3 Å². The Hall–Kier alpha value is -2.07. The van der Waals surface area contributed by atoms with Gasteiger partial charge in [0.1, 0.15) is 11.6 Å². The number of imidazole rings is 1. The van der Waals surface area contributed by atoms with E-state index < -0.39 is 0 Å². The first kappa shape index (κ1) is 15.3. The second-order valence-electron chi connectivity index (χ2n) is 5.25. The highest BCUT2D eigenvalue weighted by Gasteiger charge is 2.04. The van der Waals surface area contributed by atoms with Crippen molar-refractivity contribution < 1.29 is 4.74 Å². The molecule has 0 fully saturated rings. The Labute approximate surface area is 126 Å². The lowest BCUT2D eigenvalue weighted by atomic mass is 10.2. The lowest BCUT2D eigenvalue weighted by Gasteiger charge is -2.15. The Bertz CT molecular complexity index is 575. The van der Waals surface area contributed by atoms with Crippen LogP contribution in [0.1, 0.15) is 17.1 Å². The first-order valence-electron chi connectivity index (χ1n) is 7.13. The number of aromatic nitrogens is 2. The first-order chi connectivity index (χ1) is 10.2. The van der Waals surface area contributed by atoms with Crippen LogP contribution >= 0.6 is 0 Å². The molecule has 1 heterocycles. The third-order valence-electron chi connectivity index (χ3n) is 3.29. The Balaban J connectivity index is 1.88. The summed E-state index contributed by atoms with van der Waals surface area (Å²) >= 11 is 0. The minimum Gasteiger partial charge on any atom is -0.501 e. The van der Waals surface area contributed by atoms with E-state index in [0.717, 1.165) is 30.4 Å². The van der Waals surface area contributed by atoms with Gasteiger partial charge in [0, 0.05) is 25.0 Å². The van der Waals surface area contributed by atoms with Gasteiger partial charge < -0.3 is 9.72 Å². The zero-order valence-corrected chi connectivity index (χ0v) is 13.0. The molecule has 0 unspecified atom stereocenters. The lowest BCUT2D eigenvalue weighted by Crippen LogP contribution is -2.18. The molecule has 0 aliphatic heterocycles. The molecule has 1 aromatic carbocycles. The van der Waals surface area contributed by atoms with Gasteiger partial charge in [0.2, 0.25) is 0 Å². The average molecular weight is 285 g/mol. The molecular weight excluding hydrogens is 262 g/mol. The minimum atomic E-state index is 0.698. The molecule has 0 amide bonds. The van der Waals surface area contributed by atoms with Gasteiger partial charge in [-0.15, -0.1) is 0 Å². The predicted molar refractivity (Wildman–Crippen MR) is 84.9 cm³/mol. The molecule has 1 N–H and O–H groups in total. The summed E-state index contributed by atoms with van der Waals surface area (Å²) in [5, 5.41) is 0. The van der Waals surface area contributed by atoms with Gasteiger partial charge in [0.25, 0.3) is 0 Å². The zero-order chi connectivity index (χ0) is 15.1. The van der Waals surface area contributed by atoms with Gasteiger partial charge >= 0.3 is 0 Å². The molecule has 4 nitrogen and oxygen atoms in total. The summed E-state index contributed by atoms with van der Waals surface area (Å²) < 4.78 is 5.44. The molecule has 0 aliphatic rings. The Kier molecular flexibility index (Phi) is 5.58. The Morgan fingerprint density at radius 2 is 2.10 bits per heavy atom. The van der Waals surface area contributed by atoms with Crippen molar-refractivity contribution >= 4 is 0 Å². The number of rotatable bonds is 7. The molecule has 0 atom stereocenters. The molecule has 0 saturated heterocycles. The lowest BCUT2D eigenvalue weighted by molar-refractivity contribution is 0.274. The number of methoxy groups -OCH3 is 1. The molecule has 0 radical (unpaired) electrons. The van der Waals surface area contributed by atoms with Crippen LogP contribution in [0.4, 0.5) is 0 Å². The maximum absolute atomic E-state index is 5.44. The maximum atomic E-state index is 5.44. The van der Waals surface area contributed by atoms with Crippen LogP contribution in [0.25, 0.3) is 0 Å². The van der Waals surface area contributed by atoms with E-state index in [1.165, 1.54) is 5.56 Å². The smallest absolute Gasteiger partial charge is 0.113 e. The van der Waals surface area contributed by atoms with Gasteiger partial charge in [0.05, 0.1) is 13.5 Å². The van der Waals surface area contributed by atoms with Crippen molar-refractivity contribution in [3.8, 4) is 0 Å². The number of aromatic amines is 1. The zero-order valence-electron chi connectivity index (χ0n) is 13.0. The topological polar surface area (TPSA) is 41.1 Å². The number of benzene rings is 1. The standard InChI is InChI=1S/C17H23N3O/c1-14-12-18-17(19-14)11-16(21-3)9-10-20(2)13-15-7-5-4-6-8-15/h4-9,12H,10-11,13H2,1-3H3,(H,18,19). The third-order valence-corrected chi connectivity index (χ3v) is 3.29. The van der Waals surface area contributed by atoms with E-state index in [1.54, 1.807) is 7.11 Å². The van der Waals surface area contributed by atoms with Crippen LogP contribution in [-0.4, -0.2) is 35.6 Å². The Morgan fingerprint density at radius 1 is 1.33 bits per heavy atom. The molecular formula is C17H23N3O. The number of nitrogens with zero attached hydrogens (tertiary/aromatic N) is 2. The van der Waals surface area contributed by atoms with Crippen LogP contribution in [0.15, 0.2) is 48.4 Å². The Morgan fingerprint density at radius 3 is 2.71 bits per heavy atom. The van der Waals surface area contributed by atoms with E-state index in [0.29, 0.717) is 6.42 Å². The number of hydrogen-bond acceptors (Lipinski definition) is 3. The van der Waals surface area contributed by atoms with Gasteiger partial charge in [-0.05, 0) is 25.6 Å². The van der Waals surface area contributed by atoms with Crippen LogP contribution in [0.3, 0.4) is 0 Å². The van der Waals surface area contributed by atoms with Crippen molar-refractivity contribution in [2.45, 2.75) is 19.9 Å². The van der Waals surface area contributed by atoms with Crippen molar-refractivity contribution in [2.75, 3.05) is 20.7 Å². The summed E-state index contributed by atoms with van der Waals surface area (Å²) in [5.74, 6) is 1.87. The highest BCUT2D eigenvalue weighted by Crippen LogP contribution is 2.07. The summed E-state index contributed by atoms with van der Waals surface area (Å²) in [4.78, 5) is 9.78. The molecule has 112 valence electrons. The van der Waals surface area contributed by atoms with Crippen molar-refractivity contribution in [1.29, 1.82) is 0 Å². The number of hydrogen-bond donors (Lipinski definition) is 1. The normalized spacial score (nSPS) is 11.9. The average Bonchev–Trinajstić information content (AvgIpc) is 2.89. The molecule has 2 aromatic rings. The van der Waals surface area contributed by atoms with Crippen LogP contribution in [0.5, 0.6) is 0 Å². The van der Waals surface area contributed by atoms with Crippen LogP contribution in [0.2, 0.25) is 0 Å². The molecule has 0 spiro atoms. The minimum absolute atomic E-state index is 0.698. The number of aryl methyl sites for hydroxylation is 1. The molecule has 1 aromatic heterocycles. The molecule has 4 heteroatoms. The van der Waals surface area contributed by atoms with E-state index in [4.69, 9.17) is 4.74 Å². The van der Waals surface area contributed by atoms with Crippen molar-refractivity contribution in [1.82, 2.24) is 14.9 Å². The quantitative estimate of drug-likeness (QED) is 0.795. The first-order valence-corrected chi connectivity index (χ1v) is 7.13. The fraction of sp³-hybridized carbons (Fsp3) is 0.353. The van der Waals surface area contributed by atoms with Gasteiger partial charge in [-0.3, -0.25) is 4.90 Å². The van der Waals surface area contributed by atoms with E-state index in [9.17, 15) is 0 Å². The summed E-state index contributed by atoms with van der Waals surface area (Å²) in [7, 11) is 3.81. The fourth-order valence-corrected chi connectivity index (χ4v) is 2.17. The number of likely N-dealkylation sites (N-methyl/N-ethyl adjacent to an activating group) is 1. The van der Waals surface area contributed by atoms with E-state index in [1.807, 2.05) is 19.2 Å².